The molecule has 3 rings (SSSR count). The molecular formula is C14H17ClN6O. The number of aromatic amines is 1. The summed E-state index contributed by atoms with van der Waals surface area (Å²) >= 11 is 6.05. The number of halogens is 1. The number of benzene rings is 1. The van der Waals surface area contributed by atoms with Crippen molar-refractivity contribution in [2.45, 2.75) is 18.8 Å². The highest BCUT2D eigenvalue weighted by Gasteiger charge is 2.26. The molecule has 7 nitrogen and oxygen atoms in total. The fraction of sp³-hybridized carbons (Fsp3) is 0.357. The Morgan fingerprint density at radius 3 is 2.73 bits per heavy atom. The second-order valence-electron chi connectivity index (χ2n) is 5.25. The molecule has 2 aromatic rings. The molecule has 0 unspecified atom stereocenters. The average molecular weight is 321 g/mol. The first-order chi connectivity index (χ1) is 10.6. The number of nitrogens with two attached hydrogens (primary N) is 1. The predicted molar refractivity (Wildman–Crippen MR) is 84.8 cm³/mol. The number of amides is 2. The fourth-order valence-electron chi connectivity index (χ4n) is 2.58. The van der Waals surface area contributed by atoms with E-state index in [9.17, 15) is 4.79 Å². The summed E-state index contributed by atoms with van der Waals surface area (Å²) in [5.74, 6) is 1.31. The van der Waals surface area contributed by atoms with Gasteiger partial charge in [-0.1, -0.05) is 23.7 Å². The van der Waals surface area contributed by atoms with E-state index < -0.39 is 0 Å². The zero-order valence-corrected chi connectivity index (χ0v) is 12.7. The SMILES string of the molecule is Nc1n[nH]c(C2CCN(C(=O)Nc3ccccc3Cl)CC2)n1. The molecule has 22 heavy (non-hydrogen) atoms. The van der Waals surface area contributed by atoms with Crippen LogP contribution in [0.1, 0.15) is 24.6 Å². The highest BCUT2D eigenvalue weighted by molar-refractivity contribution is 6.33. The Morgan fingerprint density at radius 1 is 1.36 bits per heavy atom. The molecule has 0 radical (unpaired) electrons. The van der Waals surface area contributed by atoms with E-state index in [0.717, 1.165) is 18.7 Å². The van der Waals surface area contributed by atoms with Crippen LogP contribution >= 0.6 is 11.6 Å². The molecule has 0 bridgehead atoms. The molecule has 116 valence electrons. The van der Waals surface area contributed by atoms with Crippen molar-refractivity contribution in [1.82, 2.24) is 20.1 Å². The molecule has 0 saturated carbocycles. The number of hydrogen-bond acceptors (Lipinski definition) is 4. The summed E-state index contributed by atoms with van der Waals surface area (Å²) in [7, 11) is 0. The Balaban J connectivity index is 1.57. The zero-order chi connectivity index (χ0) is 15.5. The number of nitrogen functional groups attached to an aromatic ring is 1. The molecule has 1 aromatic heterocycles. The van der Waals surface area contributed by atoms with Gasteiger partial charge in [0.05, 0.1) is 10.7 Å². The number of carbonyl (C=O) groups is 1. The van der Waals surface area contributed by atoms with Crippen molar-refractivity contribution >= 4 is 29.3 Å². The van der Waals surface area contributed by atoms with Crippen LogP contribution in [0.3, 0.4) is 0 Å². The minimum absolute atomic E-state index is 0.136. The Labute approximate surface area is 132 Å². The third kappa shape index (κ3) is 3.14. The number of piperidine rings is 1. The van der Waals surface area contributed by atoms with Crippen LogP contribution in [-0.2, 0) is 0 Å². The lowest BCUT2D eigenvalue weighted by Gasteiger charge is -2.31. The third-order valence-corrected chi connectivity index (χ3v) is 4.13. The summed E-state index contributed by atoms with van der Waals surface area (Å²) in [6.45, 7) is 1.31. The van der Waals surface area contributed by atoms with Crippen molar-refractivity contribution in [2.75, 3.05) is 24.1 Å². The fourth-order valence-corrected chi connectivity index (χ4v) is 2.77. The van der Waals surface area contributed by atoms with E-state index in [1.807, 2.05) is 12.1 Å². The van der Waals surface area contributed by atoms with Gasteiger partial charge in [-0.2, -0.15) is 4.98 Å². The molecule has 0 spiro atoms. The smallest absolute Gasteiger partial charge is 0.321 e. The van der Waals surface area contributed by atoms with E-state index in [2.05, 4.69) is 20.5 Å². The van der Waals surface area contributed by atoms with Crippen molar-refractivity contribution < 1.29 is 4.79 Å². The summed E-state index contributed by atoms with van der Waals surface area (Å²) in [6, 6.07) is 7.06. The van der Waals surface area contributed by atoms with Gasteiger partial charge in [-0.15, -0.1) is 5.10 Å². The van der Waals surface area contributed by atoms with Crippen molar-refractivity contribution in [3.8, 4) is 0 Å². The monoisotopic (exact) mass is 320 g/mol. The lowest BCUT2D eigenvalue weighted by atomic mass is 9.96. The van der Waals surface area contributed by atoms with Gasteiger partial charge in [0.15, 0.2) is 0 Å². The standard InChI is InChI=1S/C14H17ClN6O/c15-10-3-1-2-4-11(10)17-14(22)21-7-5-9(6-8-21)12-18-13(16)20-19-12/h1-4,9H,5-8H2,(H,17,22)(H3,16,18,19,20). The number of nitrogens with one attached hydrogen (secondary N) is 2. The number of hydrogen-bond donors (Lipinski definition) is 3. The number of H-pyrrole nitrogens is 1. The van der Waals surface area contributed by atoms with Gasteiger partial charge in [-0.05, 0) is 25.0 Å². The summed E-state index contributed by atoms with van der Waals surface area (Å²) < 4.78 is 0. The second kappa shape index (κ2) is 6.23. The van der Waals surface area contributed by atoms with Crippen LogP contribution in [0, 0.1) is 0 Å². The van der Waals surface area contributed by atoms with Gasteiger partial charge in [-0.3, -0.25) is 5.10 Å². The number of urea groups is 1. The topological polar surface area (TPSA) is 99.9 Å². The number of para-hydroxylation sites is 1. The number of nitrogens with zero attached hydrogens (tertiary/aromatic N) is 3. The van der Waals surface area contributed by atoms with E-state index >= 15 is 0 Å². The molecule has 1 aromatic carbocycles. The Morgan fingerprint density at radius 2 is 2.09 bits per heavy atom. The van der Waals surface area contributed by atoms with Crippen molar-refractivity contribution in [1.29, 1.82) is 0 Å². The number of rotatable bonds is 2. The van der Waals surface area contributed by atoms with E-state index in [1.54, 1.807) is 17.0 Å². The normalized spacial score (nSPS) is 15.8. The summed E-state index contributed by atoms with van der Waals surface area (Å²) in [5, 5.41) is 10.1. The average Bonchev–Trinajstić information content (AvgIpc) is 2.96. The minimum Gasteiger partial charge on any atom is -0.367 e. The van der Waals surface area contributed by atoms with Crippen molar-refractivity contribution in [2.24, 2.45) is 0 Å². The zero-order valence-electron chi connectivity index (χ0n) is 11.9. The van der Waals surface area contributed by atoms with Gasteiger partial charge in [0.25, 0.3) is 0 Å². The Bertz CT molecular complexity index is 665. The third-order valence-electron chi connectivity index (χ3n) is 3.80. The predicted octanol–water partition coefficient (Wildman–Crippen LogP) is 2.45. The highest BCUT2D eigenvalue weighted by Crippen LogP contribution is 2.27. The quantitative estimate of drug-likeness (QED) is 0.791. The van der Waals surface area contributed by atoms with Crippen LogP contribution in [0.2, 0.25) is 5.02 Å². The maximum atomic E-state index is 12.3. The molecule has 1 fully saturated rings. The van der Waals surface area contributed by atoms with E-state index in [0.29, 0.717) is 23.8 Å². The summed E-state index contributed by atoms with van der Waals surface area (Å²) in [4.78, 5) is 18.2. The van der Waals surface area contributed by atoms with Gasteiger partial charge in [0.1, 0.15) is 5.82 Å². The molecule has 8 heteroatoms. The van der Waals surface area contributed by atoms with Crippen LogP contribution < -0.4 is 11.1 Å². The van der Waals surface area contributed by atoms with Crippen LogP contribution in [0.15, 0.2) is 24.3 Å². The maximum absolute atomic E-state index is 12.3. The van der Waals surface area contributed by atoms with Gasteiger partial charge in [-0.25, -0.2) is 4.79 Å². The van der Waals surface area contributed by atoms with Gasteiger partial charge in [0.2, 0.25) is 5.95 Å². The Kier molecular flexibility index (Phi) is 4.15. The highest BCUT2D eigenvalue weighted by atomic mass is 35.5. The van der Waals surface area contributed by atoms with Crippen LogP contribution in [-0.4, -0.2) is 39.2 Å². The summed E-state index contributed by atoms with van der Waals surface area (Å²) in [5.41, 5.74) is 6.14. The lowest BCUT2D eigenvalue weighted by molar-refractivity contribution is 0.193. The largest absolute Gasteiger partial charge is 0.367 e. The van der Waals surface area contributed by atoms with E-state index in [-0.39, 0.29) is 17.9 Å². The van der Waals surface area contributed by atoms with E-state index in [1.165, 1.54) is 0 Å². The first-order valence-corrected chi connectivity index (χ1v) is 7.49. The van der Waals surface area contributed by atoms with Crippen molar-refractivity contribution in [3.63, 3.8) is 0 Å². The molecule has 1 saturated heterocycles. The molecule has 1 aliphatic heterocycles. The van der Waals surface area contributed by atoms with Crippen molar-refractivity contribution in [3.05, 3.63) is 35.1 Å². The van der Waals surface area contributed by atoms with Gasteiger partial charge in [0, 0.05) is 19.0 Å². The van der Waals surface area contributed by atoms with Crippen LogP contribution in [0.25, 0.3) is 0 Å². The summed E-state index contributed by atoms with van der Waals surface area (Å²) in [6.07, 6.45) is 1.65. The molecule has 0 atom stereocenters. The number of likely N-dealkylation sites (tertiary alicyclic amines) is 1. The molecule has 2 amide bonds. The molecule has 0 aliphatic carbocycles. The van der Waals surface area contributed by atoms with Crippen LogP contribution in [0.4, 0.5) is 16.4 Å². The molecule has 1 aliphatic rings. The minimum atomic E-state index is -0.136. The van der Waals surface area contributed by atoms with Crippen LogP contribution in [0.5, 0.6) is 0 Å². The molecular weight excluding hydrogens is 304 g/mol. The number of anilines is 2. The first-order valence-electron chi connectivity index (χ1n) is 7.11. The van der Waals surface area contributed by atoms with Gasteiger partial charge >= 0.3 is 6.03 Å². The number of carbonyl (C=O) groups excluding carboxylic acids is 1. The lowest BCUT2D eigenvalue weighted by Crippen LogP contribution is -2.40. The van der Waals surface area contributed by atoms with Gasteiger partial charge < -0.3 is 16.0 Å². The first kappa shape index (κ1) is 14.6. The number of aromatic nitrogens is 3. The maximum Gasteiger partial charge on any atom is 0.321 e. The Hall–Kier alpha value is -2.28. The second-order valence-corrected chi connectivity index (χ2v) is 5.66. The van der Waals surface area contributed by atoms with E-state index in [4.69, 9.17) is 17.3 Å². The molecule has 2 heterocycles. The molecule has 4 N–H and O–H groups in total.